The van der Waals surface area contributed by atoms with Crippen LogP contribution in [0.4, 0.5) is 0 Å². The van der Waals surface area contributed by atoms with E-state index in [2.05, 4.69) is 5.32 Å². The number of aromatic hydroxyl groups is 1. The van der Waals surface area contributed by atoms with Gasteiger partial charge in [-0.1, -0.05) is 12.5 Å². The SMILES string of the molecule is CN(C(=O)/C=C/c1ccoc1)[C@@H]1CC[C@@]2(O)CCc3ccc(O)c4c3[C@@]2(CCNCC2CCC2)[C@H]1O4. The number of hydrogen-bond donors (Lipinski definition) is 3. The topological polar surface area (TPSA) is 95.2 Å². The number of nitrogens with zero attached hydrogens (tertiary/aromatic N) is 1. The second-order valence-corrected chi connectivity index (χ2v) is 11.2. The second kappa shape index (κ2) is 8.96. The van der Waals surface area contributed by atoms with Crippen LogP contribution < -0.4 is 10.1 Å². The third-order valence-electron chi connectivity index (χ3n) is 9.40. The van der Waals surface area contributed by atoms with E-state index in [1.807, 2.05) is 13.1 Å². The number of benzene rings is 1. The minimum absolute atomic E-state index is 0.113. The quantitative estimate of drug-likeness (QED) is 0.384. The molecule has 0 bridgehead atoms. The van der Waals surface area contributed by atoms with Crippen molar-refractivity contribution in [3.63, 3.8) is 0 Å². The van der Waals surface area contributed by atoms with Gasteiger partial charge in [-0.2, -0.15) is 0 Å². The van der Waals surface area contributed by atoms with Crippen LogP contribution in [0.25, 0.3) is 6.08 Å². The van der Waals surface area contributed by atoms with Crippen LogP contribution in [-0.2, 0) is 16.6 Å². The average Bonchev–Trinajstić information content (AvgIpc) is 3.49. The molecule has 0 saturated heterocycles. The van der Waals surface area contributed by atoms with Crippen molar-refractivity contribution in [2.75, 3.05) is 20.1 Å². The predicted octanol–water partition coefficient (Wildman–Crippen LogP) is 3.78. The van der Waals surface area contributed by atoms with Gasteiger partial charge in [0, 0.05) is 24.3 Å². The summed E-state index contributed by atoms with van der Waals surface area (Å²) in [6.07, 6.45) is 13.3. The van der Waals surface area contributed by atoms with Crippen molar-refractivity contribution in [1.82, 2.24) is 10.2 Å². The normalized spacial score (nSPS) is 30.6. The molecule has 4 aliphatic rings. The van der Waals surface area contributed by atoms with Gasteiger partial charge in [0.1, 0.15) is 6.10 Å². The fraction of sp³-hybridized carbons (Fsp3) is 0.552. The van der Waals surface area contributed by atoms with Crippen molar-refractivity contribution in [1.29, 1.82) is 0 Å². The lowest BCUT2D eigenvalue weighted by Gasteiger charge is -2.57. The zero-order chi connectivity index (χ0) is 24.9. The molecule has 3 N–H and O–H groups in total. The number of nitrogens with one attached hydrogen (secondary N) is 1. The lowest BCUT2D eigenvalue weighted by Crippen LogP contribution is -2.69. The largest absolute Gasteiger partial charge is 0.504 e. The molecule has 2 fully saturated rings. The first-order valence-electron chi connectivity index (χ1n) is 13.3. The summed E-state index contributed by atoms with van der Waals surface area (Å²) in [6.45, 7) is 1.76. The Hall–Kier alpha value is -2.77. The van der Waals surface area contributed by atoms with E-state index in [1.165, 1.54) is 19.3 Å². The monoisotopic (exact) mass is 492 g/mol. The number of aryl methyl sites for hydroxylation is 1. The number of likely N-dealkylation sites (N-methyl/N-ethyl adjacent to an activating group) is 1. The van der Waals surface area contributed by atoms with E-state index < -0.39 is 17.1 Å². The molecule has 2 heterocycles. The van der Waals surface area contributed by atoms with Gasteiger partial charge in [-0.15, -0.1) is 0 Å². The number of phenolic OH excluding ortho intramolecular Hbond substituents is 1. The zero-order valence-electron chi connectivity index (χ0n) is 20.9. The van der Waals surface area contributed by atoms with Crippen molar-refractivity contribution in [2.45, 2.75) is 74.5 Å². The van der Waals surface area contributed by atoms with Gasteiger partial charge < -0.3 is 29.6 Å². The summed E-state index contributed by atoms with van der Waals surface area (Å²) >= 11 is 0. The van der Waals surface area contributed by atoms with Crippen LogP contribution in [0.5, 0.6) is 11.5 Å². The van der Waals surface area contributed by atoms with Crippen LogP contribution >= 0.6 is 0 Å². The number of carbonyl (C=O) groups excluding carboxylic acids is 1. The van der Waals surface area contributed by atoms with E-state index >= 15 is 0 Å². The average molecular weight is 493 g/mol. The third-order valence-corrected chi connectivity index (χ3v) is 9.40. The molecule has 7 nitrogen and oxygen atoms in total. The standard InChI is InChI=1S/C29H36N2O5/c1-31(24(33)8-5-20-11-16-35-18-20)22-10-13-28(34)12-9-21-6-7-23(32)26-25(21)29(28,27(22)36-26)14-15-30-17-19-3-2-4-19/h5-8,11,16,18-19,22,27,30,32,34H,2-4,9-10,12-15,17H2,1H3/b8-5+/t22-,27+,28+,29+/m1/s1. The maximum absolute atomic E-state index is 13.2. The van der Waals surface area contributed by atoms with Crippen LogP contribution in [0, 0.1) is 5.92 Å². The van der Waals surface area contributed by atoms with Crippen LogP contribution in [-0.4, -0.2) is 58.9 Å². The number of furan rings is 1. The Kier molecular flexibility index (Phi) is 5.88. The highest BCUT2D eigenvalue weighted by atomic mass is 16.5. The molecule has 0 spiro atoms. The summed E-state index contributed by atoms with van der Waals surface area (Å²) < 4.78 is 11.7. The van der Waals surface area contributed by atoms with E-state index in [4.69, 9.17) is 9.15 Å². The number of aliphatic hydroxyl groups is 1. The van der Waals surface area contributed by atoms with E-state index in [0.717, 1.165) is 42.1 Å². The lowest BCUT2D eigenvalue weighted by molar-refractivity contribution is -0.152. The molecule has 7 heteroatoms. The van der Waals surface area contributed by atoms with E-state index in [1.54, 1.807) is 41.7 Å². The highest BCUT2D eigenvalue weighted by Crippen LogP contribution is 2.63. The first-order valence-corrected chi connectivity index (χ1v) is 13.3. The molecule has 0 unspecified atom stereocenters. The van der Waals surface area contributed by atoms with Gasteiger partial charge in [0.15, 0.2) is 11.5 Å². The summed E-state index contributed by atoms with van der Waals surface area (Å²) in [4.78, 5) is 15.0. The molecule has 1 amide bonds. The maximum Gasteiger partial charge on any atom is 0.246 e. The molecule has 1 aromatic carbocycles. The summed E-state index contributed by atoms with van der Waals surface area (Å²) in [6, 6.07) is 5.26. The molecule has 2 saturated carbocycles. The summed E-state index contributed by atoms with van der Waals surface area (Å²) in [5.41, 5.74) is 1.33. The van der Waals surface area contributed by atoms with Gasteiger partial charge in [0.2, 0.25) is 5.91 Å². The molecule has 36 heavy (non-hydrogen) atoms. The molecule has 1 aromatic heterocycles. The number of amides is 1. The minimum Gasteiger partial charge on any atom is -0.504 e. The van der Waals surface area contributed by atoms with E-state index in [9.17, 15) is 15.0 Å². The Bertz CT molecular complexity index is 1160. The number of carbonyl (C=O) groups is 1. The fourth-order valence-electron chi connectivity index (χ4n) is 7.16. The van der Waals surface area contributed by atoms with Crippen LogP contribution in [0.2, 0.25) is 0 Å². The van der Waals surface area contributed by atoms with Gasteiger partial charge in [0.25, 0.3) is 0 Å². The lowest BCUT2D eigenvalue weighted by atomic mass is 9.51. The minimum atomic E-state index is -0.936. The Morgan fingerprint density at radius 2 is 2.11 bits per heavy atom. The Morgan fingerprint density at radius 1 is 1.25 bits per heavy atom. The van der Waals surface area contributed by atoms with Gasteiger partial charge in [-0.05, 0) is 87.7 Å². The second-order valence-electron chi connectivity index (χ2n) is 11.2. The summed E-state index contributed by atoms with van der Waals surface area (Å²) in [7, 11) is 1.82. The molecule has 1 aliphatic heterocycles. The van der Waals surface area contributed by atoms with E-state index in [0.29, 0.717) is 31.4 Å². The zero-order valence-corrected chi connectivity index (χ0v) is 20.9. The molecule has 0 radical (unpaired) electrons. The number of phenols is 1. The first-order chi connectivity index (χ1) is 17.4. The number of hydrogen-bond acceptors (Lipinski definition) is 6. The third kappa shape index (κ3) is 3.58. The summed E-state index contributed by atoms with van der Waals surface area (Å²) in [5, 5.41) is 26.6. The smallest absolute Gasteiger partial charge is 0.246 e. The Morgan fingerprint density at radius 3 is 2.86 bits per heavy atom. The molecular formula is C29H36N2O5. The molecule has 2 aromatic rings. The number of ether oxygens (including phenoxy) is 1. The first kappa shape index (κ1) is 23.6. The maximum atomic E-state index is 13.2. The van der Waals surface area contributed by atoms with Crippen molar-refractivity contribution < 1.29 is 24.2 Å². The number of rotatable bonds is 8. The van der Waals surface area contributed by atoms with Crippen LogP contribution in [0.15, 0.2) is 41.2 Å². The Labute approximate surface area is 212 Å². The van der Waals surface area contributed by atoms with Gasteiger partial charge in [-0.3, -0.25) is 4.79 Å². The Balaban J connectivity index is 1.33. The fourth-order valence-corrected chi connectivity index (χ4v) is 7.16. The van der Waals surface area contributed by atoms with E-state index in [-0.39, 0.29) is 17.7 Å². The molecule has 6 rings (SSSR count). The van der Waals surface area contributed by atoms with Crippen molar-refractivity contribution in [2.24, 2.45) is 5.92 Å². The predicted molar refractivity (Wildman–Crippen MR) is 136 cm³/mol. The van der Waals surface area contributed by atoms with Gasteiger partial charge in [0.05, 0.1) is 29.6 Å². The molecular weight excluding hydrogens is 456 g/mol. The van der Waals surface area contributed by atoms with Gasteiger partial charge in [-0.25, -0.2) is 0 Å². The van der Waals surface area contributed by atoms with Crippen LogP contribution in [0.3, 0.4) is 0 Å². The van der Waals surface area contributed by atoms with Crippen molar-refractivity contribution >= 4 is 12.0 Å². The molecule has 4 atom stereocenters. The highest BCUT2D eigenvalue weighted by molar-refractivity contribution is 5.91. The molecule has 3 aliphatic carbocycles. The van der Waals surface area contributed by atoms with Crippen molar-refractivity contribution in [3.8, 4) is 11.5 Å². The van der Waals surface area contributed by atoms with Crippen LogP contribution in [0.1, 0.15) is 61.6 Å². The highest BCUT2D eigenvalue weighted by Gasteiger charge is 2.68. The molecule has 192 valence electrons. The van der Waals surface area contributed by atoms with Crippen molar-refractivity contribution in [3.05, 3.63) is 53.5 Å². The van der Waals surface area contributed by atoms with Gasteiger partial charge >= 0.3 is 0 Å². The summed E-state index contributed by atoms with van der Waals surface area (Å²) in [5.74, 6) is 1.24.